The number of ketones is 1. The number of fused-ring (bicyclic) bond motifs is 1. The third kappa shape index (κ3) is 3.74. The lowest BCUT2D eigenvalue weighted by Crippen LogP contribution is -2.32. The zero-order valence-corrected chi connectivity index (χ0v) is 18.0. The van der Waals surface area contributed by atoms with Crippen molar-refractivity contribution in [3.8, 4) is 6.07 Å². The summed E-state index contributed by atoms with van der Waals surface area (Å²) < 4.78 is 0. The molecular weight excluding hydrogens is 420 g/mol. The minimum atomic E-state index is -0.494. The molecule has 1 atom stereocenters. The molecule has 0 radical (unpaired) electrons. The molecule has 0 bridgehead atoms. The number of H-pyrrole nitrogens is 1. The molecule has 1 aromatic heterocycles. The number of nitrogens with one attached hydrogen (secondary N) is 2. The third-order valence-electron chi connectivity index (χ3n) is 5.83. The number of rotatable bonds is 4. The topological polar surface area (TPSA) is 98.6 Å². The summed E-state index contributed by atoms with van der Waals surface area (Å²) in [6, 6.07) is 19.2. The van der Waals surface area contributed by atoms with Crippen LogP contribution < -0.4 is 10.9 Å². The summed E-state index contributed by atoms with van der Waals surface area (Å²) in [6.45, 7) is 0. The van der Waals surface area contributed by atoms with E-state index in [2.05, 4.69) is 16.4 Å². The molecule has 1 aliphatic heterocycles. The maximum atomic E-state index is 13.2. The monoisotopic (exact) mass is 440 g/mol. The van der Waals surface area contributed by atoms with Crippen molar-refractivity contribution in [2.24, 2.45) is 0 Å². The Morgan fingerprint density at radius 2 is 1.84 bits per heavy atom. The van der Waals surface area contributed by atoms with Crippen LogP contribution in [-0.2, 0) is 10.5 Å². The Kier molecular flexibility index (Phi) is 5.38. The van der Waals surface area contributed by atoms with Crippen LogP contribution in [0.3, 0.4) is 0 Å². The van der Waals surface area contributed by atoms with Crippen molar-refractivity contribution in [2.45, 2.75) is 36.1 Å². The second-order valence-electron chi connectivity index (χ2n) is 7.87. The summed E-state index contributed by atoms with van der Waals surface area (Å²) in [5, 5.41) is 13.0. The first-order chi connectivity index (χ1) is 15.6. The van der Waals surface area contributed by atoms with Gasteiger partial charge in [-0.05, 0) is 36.1 Å². The number of aromatic amines is 1. The highest BCUT2D eigenvalue weighted by Gasteiger charge is 2.37. The Balaban J connectivity index is 1.57. The molecule has 0 unspecified atom stereocenters. The zero-order valence-electron chi connectivity index (χ0n) is 17.2. The minimum Gasteiger partial charge on any atom is -0.343 e. The molecule has 2 heterocycles. The van der Waals surface area contributed by atoms with Gasteiger partial charge < -0.3 is 10.3 Å². The first-order valence-corrected chi connectivity index (χ1v) is 11.5. The van der Waals surface area contributed by atoms with Crippen LogP contribution >= 0.6 is 11.8 Å². The molecule has 6 nitrogen and oxygen atoms in total. The second-order valence-corrected chi connectivity index (χ2v) is 8.83. The number of carbonyl (C=O) groups excluding carboxylic acids is 1. The summed E-state index contributed by atoms with van der Waals surface area (Å²) in [5.41, 5.74) is 4.18. The van der Waals surface area contributed by atoms with Crippen molar-refractivity contribution in [3.63, 3.8) is 0 Å². The van der Waals surface area contributed by atoms with E-state index in [-0.39, 0.29) is 11.3 Å². The fourth-order valence-corrected chi connectivity index (χ4v) is 5.13. The van der Waals surface area contributed by atoms with Crippen LogP contribution in [-0.4, -0.2) is 15.8 Å². The van der Waals surface area contributed by atoms with Crippen molar-refractivity contribution in [1.29, 1.82) is 5.26 Å². The molecular formula is C25H20N4O2S. The van der Waals surface area contributed by atoms with E-state index in [1.807, 2.05) is 42.5 Å². The number of carbonyl (C=O) groups is 1. The molecule has 1 aliphatic carbocycles. The summed E-state index contributed by atoms with van der Waals surface area (Å²) >= 11 is 1.47. The van der Waals surface area contributed by atoms with E-state index in [4.69, 9.17) is 10.2 Å². The normalized spacial score (nSPS) is 17.2. The van der Waals surface area contributed by atoms with E-state index in [1.165, 1.54) is 11.8 Å². The molecule has 2 N–H and O–H groups in total. The molecule has 0 amide bonds. The lowest BCUT2D eigenvalue weighted by atomic mass is 9.76. The number of thioether (sulfide) groups is 1. The first-order valence-electron chi connectivity index (χ1n) is 10.5. The van der Waals surface area contributed by atoms with E-state index in [0.717, 1.165) is 29.7 Å². The van der Waals surface area contributed by atoms with Crippen LogP contribution in [0.5, 0.6) is 0 Å². The molecule has 2 aliphatic rings. The average molecular weight is 441 g/mol. The van der Waals surface area contributed by atoms with Gasteiger partial charge in [-0.2, -0.15) is 5.26 Å². The molecule has 0 fully saturated rings. The van der Waals surface area contributed by atoms with Crippen LogP contribution in [0.1, 0.15) is 47.4 Å². The van der Waals surface area contributed by atoms with Gasteiger partial charge >= 0.3 is 0 Å². The zero-order chi connectivity index (χ0) is 22.1. The summed E-state index contributed by atoms with van der Waals surface area (Å²) in [6.07, 6.45) is 1.99. The molecule has 0 spiro atoms. The summed E-state index contributed by atoms with van der Waals surface area (Å²) in [4.78, 5) is 33.8. The molecule has 0 saturated heterocycles. The van der Waals surface area contributed by atoms with E-state index in [0.29, 0.717) is 39.8 Å². The third-order valence-corrected chi connectivity index (χ3v) is 6.77. The van der Waals surface area contributed by atoms with E-state index in [1.54, 1.807) is 12.1 Å². The maximum absolute atomic E-state index is 13.2. The van der Waals surface area contributed by atoms with E-state index in [9.17, 15) is 9.59 Å². The molecule has 3 aromatic rings. The predicted octanol–water partition coefficient (Wildman–Crippen LogP) is 4.50. The van der Waals surface area contributed by atoms with Crippen molar-refractivity contribution < 1.29 is 4.79 Å². The maximum Gasteiger partial charge on any atom is 0.257 e. The highest BCUT2D eigenvalue weighted by molar-refractivity contribution is 7.98. The Bertz CT molecular complexity index is 1320. The number of allylic oxidation sites excluding steroid dienone is 2. The van der Waals surface area contributed by atoms with Crippen molar-refractivity contribution in [2.75, 3.05) is 5.32 Å². The number of hydrogen-bond acceptors (Lipinski definition) is 6. The van der Waals surface area contributed by atoms with Gasteiger partial charge in [-0.15, -0.1) is 0 Å². The fourth-order valence-electron chi connectivity index (χ4n) is 4.32. The van der Waals surface area contributed by atoms with Gasteiger partial charge in [0.1, 0.15) is 5.82 Å². The van der Waals surface area contributed by atoms with E-state index < -0.39 is 5.92 Å². The first kappa shape index (κ1) is 20.3. The van der Waals surface area contributed by atoms with Crippen LogP contribution in [0.2, 0.25) is 0 Å². The Labute approximate surface area is 189 Å². The number of anilines is 1. The Hall–Kier alpha value is -3.63. The van der Waals surface area contributed by atoms with Crippen molar-refractivity contribution >= 4 is 23.4 Å². The quantitative estimate of drug-likeness (QED) is 0.458. The largest absolute Gasteiger partial charge is 0.343 e. The SMILES string of the molecule is N#Cc1ccc([C@H]2C3=C(CCCC3=O)Nc3nc(SCc4ccccc4)[nH]c(=O)c32)cc1. The Morgan fingerprint density at radius 3 is 2.59 bits per heavy atom. The lowest BCUT2D eigenvalue weighted by Gasteiger charge is -2.32. The highest BCUT2D eigenvalue weighted by Crippen LogP contribution is 2.43. The molecule has 158 valence electrons. The van der Waals surface area contributed by atoms with Crippen LogP contribution in [0, 0.1) is 11.3 Å². The number of benzene rings is 2. The van der Waals surface area contributed by atoms with Gasteiger partial charge in [0.2, 0.25) is 0 Å². The summed E-state index contributed by atoms with van der Waals surface area (Å²) in [5.74, 6) is 0.757. The molecule has 2 aromatic carbocycles. The van der Waals surface area contributed by atoms with Gasteiger partial charge in [-0.1, -0.05) is 54.2 Å². The molecule has 0 saturated carbocycles. The van der Waals surface area contributed by atoms with Gasteiger partial charge in [-0.25, -0.2) is 4.98 Å². The van der Waals surface area contributed by atoms with Gasteiger partial charge in [0, 0.05) is 29.4 Å². The summed E-state index contributed by atoms with van der Waals surface area (Å²) in [7, 11) is 0. The number of aromatic nitrogens is 2. The van der Waals surface area contributed by atoms with Crippen LogP contribution in [0.25, 0.3) is 0 Å². The van der Waals surface area contributed by atoms with Gasteiger partial charge in [0.25, 0.3) is 5.56 Å². The number of hydrogen-bond donors (Lipinski definition) is 2. The second kappa shape index (κ2) is 8.48. The predicted molar refractivity (Wildman–Crippen MR) is 123 cm³/mol. The average Bonchev–Trinajstić information content (AvgIpc) is 2.82. The number of nitrogens with zero attached hydrogens (tertiary/aromatic N) is 2. The molecule has 7 heteroatoms. The van der Waals surface area contributed by atoms with Crippen LogP contribution in [0.4, 0.5) is 5.82 Å². The van der Waals surface area contributed by atoms with Gasteiger partial charge in [0.15, 0.2) is 10.9 Å². The molecule has 5 rings (SSSR count). The van der Waals surface area contributed by atoms with Gasteiger partial charge in [-0.3, -0.25) is 9.59 Å². The Morgan fingerprint density at radius 1 is 1.06 bits per heavy atom. The van der Waals surface area contributed by atoms with Crippen LogP contribution in [0.15, 0.2) is 75.8 Å². The lowest BCUT2D eigenvalue weighted by molar-refractivity contribution is -0.116. The van der Waals surface area contributed by atoms with Crippen molar-refractivity contribution in [1.82, 2.24) is 9.97 Å². The van der Waals surface area contributed by atoms with Crippen molar-refractivity contribution in [3.05, 3.63) is 98.5 Å². The minimum absolute atomic E-state index is 0.0562. The number of nitriles is 1. The van der Waals surface area contributed by atoms with E-state index >= 15 is 0 Å². The highest BCUT2D eigenvalue weighted by atomic mass is 32.2. The number of Topliss-reactive ketones (excluding diaryl/α,β-unsaturated/α-hetero) is 1. The fraction of sp³-hybridized carbons (Fsp3) is 0.200. The van der Waals surface area contributed by atoms with Gasteiger partial charge in [0.05, 0.1) is 17.2 Å². The standard InChI is InChI=1S/C25H20N4O2S/c26-13-15-9-11-17(12-10-15)20-21-18(7-4-8-19(21)30)27-23-22(20)24(31)29-25(28-23)32-14-16-5-2-1-3-6-16/h1-3,5-6,9-12,20H,4,7-8,14H2,(H2,27,28,29,31)/t20-/m0/s1. The molecule has 32 heavy (non-hydrogen) atoms. The smallest absolute Gasteiger partial charge is 0.257 e.